The number of methoxy groups -OCH3 is 1. The molecule has 0 bridgehead atoms. The zero-order valence-corrected chi connectivity index (χ0v) is 16.1. The molecule has 1 aromatic heterocycles. The summed E-state index contributed by atoms with van der Waals surface area (Å²) in [4.78, 5) is 17.7. The highest BCUT2D eigenvalue weighted by Gasteiger charge is 2.30. The first kappa shape index (κ1) is 18.1. The molecule has 1 aliphatic rings. The lowest BCUT2D eigenvalue weighted by molar-refractivity contribution is -0.120. The van der Waals surface area contributed by atoms with Gasteiger partial charge in [0.2, 0.25) is 5.91 Å². The second-order valence-corrected chi connectivity index (χ2v) is 7.79. The van der Waals surface area contributed by atoms with Crippen molar-refractivity contribution in [2.75, 3.05) is 13.7 Å². The number of carbonyl (C=O) groups excluding carboxylic acids is 1. The molecule has 0 aliphatic heterocycles. The van der Waals surface area contributed by atoms with Crippen molar-refractivity contribution in [1.29, 1.82) is 0 Å². The van der Waals surface area contributed by atoms with E-state index >= 15 is 0 Å². The molecule has 1 heterocycles. The zero-order chi connectivity index (χ0) is 18.6. The molecule has 3 aromatic rings. The quantitative estimate of drug-likeness (QED) is 0.603. The molecule has 1 atom stereocenters. The predicted octanol–water partition coefficient (Wildman–Crippen LogP) is 3.79. The van der Waals surface area contributed by atoms with Crippen molar-refractivity contribution in [2.24, 2.45) is 0 Å². The van der Waals surface area contributed by atoms with Crippen molar-refractivity contribution >= 4 is 28.7 Å². The first-order chi connectivity index (χ1) is 13.3. The Kier molecular flexibility index (Phi) is 5.45. The molecular formula is C21H23N3O2S. The van der Waals surface area contributed by atoms with Gasteiger partial charge in [-0.3, -0.25) is 4.79 Å². The second kappa shape index (κ2) is 8.15. The summed E-state index contributed by atoms with van der Waals surface area (Å²) in [5, 5.41) is 3.66. The SMILES string of the molecule is COCCn1c(SC(C(=O)NC2CC2)c2ccccc2)nc2ccccc21. The first-order valence-corrected chi connectivity index (χ1v) is 10.1. The molecule has 0 spiro atoms. The fourth-order valence-corrected chi connectivity index (χ4v) is 4.20. The van der Waals surface area contributed by atoms with Crippen molar-refractivity contribution in [3.63, 3.8) is 0 Å². The number of amides is 1. The molecule has 1 amide bonds. The molecule has 4 rings (SSSR count). The van der Waals surface area contributed by atoms with E-state index in [9.17, 15) is 4.79 Å². The van der Waals surface area contributed by atoms with Crippen molar-refractivity contribution < 1.29 is 9.53 Å². The monoisotopic (exact) mass is 381 g/mol. The predicted molar refractivity (Wildman–Crippen MR) is 108 cm³/mol. The van der Waals surface area contributed by atoms with Crippen molar-refractivity contribution in [1.82, 2.24) is 14.9 Å². The Balaban J connectivity index is 1.68. The molecule has 1 unspecified atom stereocenters. The fourth-order valence-electron chi connectivity index (χ4n) is 3.05. The Hall–Kier alpha value is -2.31. The highest BCUT2D eigenvalue weighted by molar-refractivity contribution is 8.00. The van der Waals surface area contributed by atoms with Gasteiger partial charge in [0.25, 0.3) is 0 Å². The molecule has 1 fully saturated rings. The highest BCUT2D eigenvalue weighted by Crippen LogP contribution is 2.37. The minimum absolute atomic E-state index is 0.0547. The number of nitrogens with zero attached hydrogens (tertiary/aromatic N) is 2. The zero-order valence-electron chi connectivity index (χ0n) is 15.3. The number of nitrogens with one attached hydrogen (secondary N) is 1. The van der Waals surface area contributed by atoms with Crippen LogP contribution in [-0.2, 0) is 16.1 Å². The van der Waals surface area contributed by atoms with Crippen molar-refractivity contribution in [3.8, 4) is 0 Å². The van der Waals surface area contributed by atoms with E-state index in [1.807, 2.05) is 48.5 Å². The topological polar surface area (TPSA) is 56.1 Å². The van der Waals surface area contributed by atoms with E-state index in [-0.39, 0.29) is 11.2 Å². The Labute approximate surface area is 163 Å². The van der Waals surface area contributed by atoms with E-state index in [1.54, 1.807) is 7.11 Å². The standard InChI is InChI=1S/C21H23N3O2S/c1-26-14-13-24-18-10-6-5-9-17(18)23-21(24)27-19(15-7-3-2-4-8-15)20(25)22-16-11-12-16/h2-10,16,19H,11-14H2,1H3,(H,22,25). The summed E-state index contributed by atoms with van der Waals surface area (Å²) >= 11 is 1.51. The molecule has 0 radical (unpaired) electrons. The van der Waals surface area contributed by atoms with Crippen LogP contribution in [0.4, 0.5) is 0 Å². The maximum atomic E-state index is 12.9. The van der Waals surface area contributed by atoms with Crippen LogP contribution in [0.15, 0.2) is 59.8 Å². The maximum Gasteiger partial charge on any atom is 0.238 e. The van der Waals surface area contributed by atoms with Gasteiger partial charge in [-0.05, 0) is 30.5 Å². The lowest BCUT2D eigenvalue weighted by Gasteiger charge is -2.17. The van der Waals surface area contributed by atoms with Gasteiger partial charge in [0.15, 0.2) is 5.16 Å². The van der Waals surface area contributed by atoms with Crippen LogP contribution in [0.5, 0.6) is 0 Å². The van der Waals surface area contributed by atoms with Crippen LogP contribution in [0.25, 0.3) is 11.0 Å². The van der Waals surface area contributed by atoms with Crippen LogP contribution in [0.2, 0.25) is 0 Å². The van der Waals surface area contributed by atoms with Gasteiger partial charge in [0.1, 0.15) is 5.25 Å². The van der Waals surface area contributed by atoms with Gasteiger partial charge in [-0.15, -0.1) is 0 Å². The Morgan fingerprint density at radius 2 is 1.96 bits per heavy atom. The summed E-state index contributed by atoms with van der Waals surface area (Å²) in [6.45, 7) is 1.29. The average Bonchev–Trinajstić information content (AvgIpc) is 3.44. The number of fused-ring (bicyclic) bond motifs is 1. The molecule has 5 nitrogen and oxygen atoms in total. The van der Waals surface area contributed by atoms with Crippen molar-refractivity contribution in [3.05, 3.63) is 60.2 Å². The second-order valence-electron chi connectivity index (χ2n) is 6.72. The minimum atomic E-state index is -0.329. The Bertz CT molecular complexity index is 922. The van der Waals surface area contributed by atoms with Crippen LogP contribution < -0.4 is 5.32 Å². The van der Waals surface area contributed by atoms with E-state index in [1.165, 1.54) is 11.8 Å². The molecule has 1 N–H and O–H groups in total. The third-order valence-corrected chi connectivity index (χ3v) is 5.87. The van der Waals surface area contributed by atoms with Crippen LogP contribution in [0.1, 0.15) is 23.7 Å². The normalized spacial score (nSPS) is 15.0. The smallest absolute Gasteiger partial charge is 0.238 e. The number of rotatable bonds is 8. The first-order valence-electron chi connectivity index (χ1n) is 9.22. The summed E-state index contributed by atoms with van der Waals surface area (Å²) in [7, 11) is 1.70. The molecule has 1 saturated carbocycles. The number of benzene rings is 2. The summed E-state index contributed by atoms with van der Waals surface area (Å²) < 4.78 is 7.42. The van der Waals surface area contributed by atoms with Gasteiger partial charge in [0.05, 0.1) is 17.6 Å². The number of imidazole rings is 1. The van der Waals surface area contributed by atoms with E-state index in [2.05, 4.69) is 16.0 Å². The van der Waals surface area contributed by atoms with Crippen LogP contribution in [-0.4, -0.2) is 35.2 Å². The Morgan fingerprint density at radius 1 is 1.22 bits per heavy atom. The van der Waals surface area contributed by atoms with Crippen LogP contribution >= 0.6 is 11.8 Å². The maximum absolute atomic E-state index is 12.9. The van der Waals surface area contributed by atoms with Gasteiger partial charge in [-0.25, -0.2) is 4.98 Å². The van der Waals surface area contributed by atoms with Crippen LogP contribution in [0.3, 0.4) is 0 Å². The summed E-state index contributed by atoms with van der Waals surface area (Å²) in [6, 6.07) is 18.3. The van der Waals surface area contributed by atoms with Gasteiger partial charge >= 0.3 is 0 Å². The number of thioether (sulfide) groups is 1. The third kappa shape index (κ3) is 4.17. The van der Waals surface area contributed by atoms with Gasteiger partial charge in [0, 0.05) is 19.7 Å². The van der Waals surface area contributed by atoms with Crippen LogP contribution in [0, 0.1) is 0 Å². The van der Waals surface area contributed by atoms with Gasteiger partial charge in [-0.2, -0.15) is 0 Å². The van der Waals surface area contributed by atoms with E-state index in [4.69, 9.17) is 9.72 Å². The summed E-state index contributed by atoms with van der Waals surface area (Å²) in [6.07, 6.45) is 2.15. The third-order valence-electron chi connectivity index (χ3n) is 4.63. The van der Waals surface area contributed by atoms with E-state index in [0.29, 0.717) is 19.2 Å². The molecule has 27 heavy (non-hydrogen) atoms. The molecule has 6 heteroatoms. The molecule has 2 aromatic carbocycles. The Morgan fingerprint density at radius 3 is 2.70 bits per heavy atom. The number of para-hydroxylation sites is 2. The number of carbonyl (C=O) groups is 1. The minimum Gasteiger partial charge on any atom is -0.383 e. The largest absolute Gasteiger partial charge is 0.383 e. The molecule has 140 valence electrons. The van der Waals surface area contributed by atoms with Crippen molar-refractivity contribution in [2.45, 2.75) is 35.8 Å². The van der Waals surface area contributed by atoms with E-state index < -0.39 is 0 Å². The number of aromatic nitrogens is 2. The van der Waals surface area contributed by atoms with E-state index in [0.717, 1.165) is 34.6 Å². The number of ether oxygens (including phenoxy) is 1. The summed E-state index contributed by atoms with van der Waals surface area (Å²) in [5.74, 6) is 0.0547. The lowest BCUT2D eigenvalue weighted by Crippen LogP contribution is -2.30. The molecular weight excluding hydrogens is 358 g/mol. The number of hydrogen-bond acceptors (Lipinski definition) is 4. The molecule has 1 aliphatic carbocycles. The summed E-state index contributed by atoms with van der Waals surface area (Å²) in [5.41, 5.74) is 2.99. The highest BCUT2D eigenvalue weighted by atomic mass is 32.2. The average molecular weight is 382 g/mol. The van der Waals surface area contributed by atoms with Gasteiger partial charge < -0.3 is 14.6 Å². The van der Waals surface area contributed by atoms with Gasteiger partial charge in [-0.1, -0.05) is 54.2 Å². The molecule has 0 saturated heterocycles. The lowest BCUT2D eigenvalue weighted by atomic mass is 10.1. The fraction of sp³-hybridized carbons (Fsp3) is 0.333. The number of hydrogen-bond donors (Lipinski definition) is 1.